The smallest absolute Gasteiger partial charge is 0.319 e. The molecule has 0 saturated carbocycles. The van der Waals surface area contributed by atoms with E-state index in [0.29, 0.717) is 28.7 Å². The molecule has 94 valence electrons. The van der Waals surface area contributed by atoms with Crippen LogP contribution in [0, 0.1) is 6.92 Å². The highest BCUT2D eigenvalue weighted by atomic mass is 35.5. The lowest BCUT2D eigenvalue weighted by Crippen LogP contribution is -2.28. The molecule has 0 aliphatic carbocycles. The fourth-order valence-corrected chi connectivity index (χ4v) is 1.57. The van der Waals surface area contributed by atoms with Gasteiger partial charge in [0.2, 0.25) is 0 Å². The largest absolute Gasteiger partial charge is 0.448 e. The van der Waals surface area contributed by atoms with E-state index >= 15 is 0 Å². The second-order valence-corrected chi connectivity index (χ2v) is 4.05. The van der Waals surface area contributed by atoms with Gasteiger partial charge in [-0.2, -0.15) is 0 Å². The van der Waals surface area contributed by atoms with Crippen LogP contribution in [0.25, 0.3) is 0 Å². The van der Waals surface area contributed by atoms with Crippen LogP contribution in [0.1, 0.15) is 11.5 Å². The number of aryl methyl sites for hydroxylation is 1. The number of rotatable bonds is 3. The summed E-state index contributed by atoms with van der Waals surface area (Å²) < 4.78 is 5.03. The van der Waals surface area contributed by atoms with Crippen LogP contribution in [0.4, 0.5) is 10.5 Å². The first-order valence-electron chi connectivity index (χ1n) is 5.35. The van der Waals surface area contributed by atoms with Crippen LogP contribution in [0.15, 0.2) is 35.1 Å². The SMILES string of the molecule is Cc1ocnc1CNC(=O)Nc1ccccc1Cl. The van der Waals surface area contributed by atoms with Gasteiger partial charge < -0.3 is 15.1 Å². The molecule has 0 aliphatic heterocycles. The highest BCUT2D eigenvalue weighted by molar-refractivity contribution is 6.33. The van der Waals surface area contributed by atoms with Crippen molar-refractivity contribution >= 4 is 23.3 Å². The number of aromatic nitrogens is 1. The Morgan fingerprint density at radius 3 is 2.89 bits per heavy atom. The Bertz CT molecular complexity index is 554. The molecular weight excluding hydrogens is 254 g/mol. The Kier molecular flexibility index (Phi) is 3.84. The predicted octanol–water partition coefficient (Wildman–Crippen LogP) is 2.96. The van der Waals surface area contributed by atoms with Gasteiger partial charge in [0.05, 0.1) is 17.3 Å². The van der Waals surface area contributed by atoms with Crippen molar-refractivity contribution in [3.63, 3.8) is 0 Å². The highest BCUT2D eigenvalue weighted by Crippen LogP contribution is 2.20. The van der Waals surface area contributed by atoms with Crippen LogP contribution in [-0.2, 0) is 6.54 Å². The minimum Gasteiger partial charge on any atom is -0.448 e. The fraction of sp³-hybridized carbons (Fsp3) is 0.167. The predicted molar refractivity (Wildman–Crippen MR) is 68.6 cm³/mol. The second kappa shape index (κ2) is 5.55. The molecule has 2 rings (SSSR count). The summed E-state index contributed by atoms with van der Waals surface area (Å²) in [4.78, 5) is 15.6. The minimum absolute atomic E-state index is 0.304. The number of nitrogens with zero attached hydrogens (tertiary/aromatic N) is 1. The van der Waals surface area contributed by atoms with Crippen LogP contribution in [0.3, 0.4) is 0 Å². The third kappa shape index (κ3) is 3.01. The van der Waals surface area contributed by atoms with E-state index in [9.17, 15) is 4.79 Å². The molecule has 0 fully saturated rings. The summed E-state index contributed by atoms with van der Waals surface area (Å²) in [5.41, 5.74) is 1.26. The molecule has 1 heterocycles. The molecule has 0 radical (unpaired) electrons. The van der Waals surface area contributed by atoms with Gasteiger partial charge in [0.25, 0.3) is 0 Å². The van der Waals surface area contributed by atoms with Gasteiger partial charge in [-0.3, -0.25) is 0 Å². The van der Waals surface area contributed by atoms with Gasteiger partial charge in [-0.25, -0.2) is 9.78 Å². The molecule has 6 heteroatoms. The summed E-state index contributed by atoms with van der Waals surface area (Å²) in [6, 6.07) is 6.68. The number of nitrogens with one attached hydrogen (secondary N) is 2. The van der Waals surface area contributed by atoms with Crippen molar-refractivity contribution in [1.29, 1.82) is 0 Å². The van der Waals surface area contributed by atoms with Crippen molar-refractivity contribution in [2.45, 2.75) is 13.5 Å². The highest BCUT2D eigenvalue weighted by Gasteiger charge is 2.07. The second-order valence-electron chi connectivity index (χ2n) is 3.64. The number of carbonyl (C=O) groups excluding carboxylic acids is 1. The minimum atomic E-state index is -0.342. The number of hydrogen-bond donors (Lipinski definition) is 2. The summed E-state index contributed by atoms with van der Waals surface area (Å²) in [6.07, 6.45) is 1.35. The Morgan fingerprint density at radius 1 is 1.44 bits per heavy atom. The molecule has 1 aromatic heterocycles. The van der Waals surface area contributed by atoms with Gasteiger partial charge in [0.15, 0.2) is 6.39 Å². The van der Waals surface area contributed by atoms with Crippen LogP contribution in [0.2, 0.25) is 5.02 Å². The van der Waals surface area contributed by atoms with Crippen molar-refractivity contribution in [2.75, 3.05) is 5.32 Å². The molecule has 0 saturated heterocycles. The van der Waals surface area contributed by atoms with Crippen molar-refractivity contribution < 1.29 is 9.21 Å². The van der Waals surface area contributed by atoms with E-state index in [-0.39, 0.29) is 6.03 Å². The monoisotopic (exact) mass is 265 g/mol. The summed E-state index contributed by atoms with van der Waals surface area (Å²) in [5.74, 6) is 0.688. The molecule has 5 nitrogen and oxygen atoms in total. The van der Waals surface area contributed by atoms with Crippen molar-refractivity contribution in [3.8, 4) is 0 Å². The van der Waals surface area contributed by atoms with Crippen molar-refractivity contribution in [2.24, 2.45) is 0 Å². The maximum absolute atomic E-state index is 11.6. The fourth-order valence-electron chi connectivity index (χ4n) is 1.39. The summed E-state index contributed by atoms with van der Waals surface area (Å²) in [6.45, 7) is 2.09. The maximum Gasteiger partial charge on any atom is 0.319 e. The Labute approximate surface area is 109 Å². The molecule has 0 unspecified atom stereocenters. The third-order valence-corrected chi connectivity index (χ3v) is 2.71. The number of para-hydroxylation sites is 1. The number of anilines is 1. The van der Waals surface area contributed by atoms with E-state index in [1.165, 1.54) is 6.39 Å². The van der Waals surface area contributed by atoms with E-state index in [1.54, 1.807) is 31.2 Å². The summed E-state index contributed by atoms with van der Waals surface area (Å²) >= 11 is 5.92. The molecule has 1 aromatic carbocycles. The maximum atomic E-state index is 11.6. The Hall–Kier alpha value is -2.01. The molecule has 0 bridgehead atoms. The van der Waals surface area contributed by atoms with Gasteiger partial charge in [0.1, 0.15) is 11.5 Å². The zero-order valence-electron chi connectivity index (χ0n) is 9.74. The van der Waals surface area contributed by atoms with E-state index in [4.69, 9.17) is 16.0 Å². The molecule has 18 heavy (non-hydrogen) atoms. The van der Waals surface area contributed by atoms with Gasteiger partial charge in [0, 0.05) is 0 Å². The van der Waals surface area contributed by atoms with Crippen molar-refractivity contribution in [3.05, 3.63) is 47.1 Å². The Balaban J connectivity index is 1.90. The first-order valence-corrected chi connectivity index (χ1v) is 5.73. The lowest BCUT2D eigenvalue weighted by atomic mass is 10.3. The molecule has 2 amide bonds. The first-order chi connectivity index (χ1) is 8.66. The molecule has 0 spiro atoms. The summed E-state index contributed by atoms with van der Waals surface area (Å²) in [7, 11) is 0. The van der Waals surface area contributed by atoms with E-state index in [1.807, 2.05) is 0 Å². The van der Waals surface area contributed by atoms with Crippen LogP contribution < -0.4 is 10.6 Å². The van der Waals surface area contributed by atoms with Crippen LogP contribution >= 0.6 is 11.6 Å². The molecule has 0 aliphatic rings. The number of benzene rings is 1. The molecule has 0 atom stereocenters. The number of urea groups is 1. The number of oxazole rings is 1. The van der Waals surface area contributed by atoms with E-state index < -0.39 is 0 Å². The third-order valence-electron chi connectivity index (χ3n) is 2.38. The number of amides is 2. The standard InChI is InChI=1S/C12H12ClN3O2/c1-8-11(15-7-18-8)6-14-12(17)16-10-5-3-2-4-9(10)13/h2-5,7H,6H2,1H3,(H2,14,16,17). The molecule has 2 N–H and O–H groups in total. The summed E-state index contributed by atoms with van der Waals surface area (Å²) in [5, 5.41) is 5.81. The topological polar surface area (TPSA) is 67.2 Å². The first kappa shape index (κ1) is 12.4. The normalized spacial score (nSPS) is 10.1. The number of halogens is 1. The van der Waals surface area contributed by atoms with Crippen molar-refractivity contribution in [1.82, 2.24) is 10.3 Å². The van der Waals surface area contributed by atoms with Gasteiger partial charge in [-0.05, 0) is 19.1 Å². The molecule has 2 aromatic rings. The zero-order valence-corrected chi connectivity index (χ0v) is 10.5. The number of hydrogen-bond acceptors (Lipinski definition) is 3. The quantitative estimate of drug-likeness (QED) is 0.897. The van der Waals surface area contributed by atoms with E-state index in [0.717, 1.165) is 0 Å². The zero-order chi connectivity index (χ0) is 13.0. The lowest BCUT2D eigenvalue weighted by Gasteiger charge is -2.07. The average molecular weight is 266 g/mol. The molecular formula is C12H12ClN3O2. The van der Waals surface area contributed by atoms with Crippen LogP contribution in [0.5, 0.6) is 0 Å². The van der Waals surface area contributed by atoms with E-state index in [2.05, 4.69) is 15.6 Å². The Morgan fingerprint density at radius 2 is 2.22 bits per heavy atom. The van der Waals surface area contributed by atoms with Crippen LogP contribution in [-0.4, -0.2) is 11.0 Å². The van der Waals surface area contributed by atoms with Gasteiger partial charge in [-0.1, -0.05) is 23.7 Å². The van der Waals surface area contributed by atoms with Gasteiger partial charge >= 0.3 is 6.03 Å². The lowest BCUT2D eigenvalue weighted by molar-refractivity contribution is 0.251. The van der Waals surface area contributed by atoms with Gasteiger partial charge in [-0.15, -0.1) is 0 Å². The number of carbonyl (C=O) groups is 1. The average Bonchev–Trinajstić information content (AvgIpc) is 2.75.